The Labute approximate surface area is 36.4 Å². The predicted octanol–water partition coefficient (Wildman–Crippen LogP) is -0.859. The monoisotopic (exact) mass is 88.1 g/mol. The number of hydrazone groups is 1. The Morgan fingerprint density at radius 3 is 2.67 bits per heavy atom. The molecular weight excluding hydrogens is 80.0 g/mol. The van der Waals surface area contributed by atoms with Crippen LogP contribution in [0.25, 0.3) is 0 Å². The van der Waals surface area contributed by atoms with Gasteiger partial charge in [0, 0.05) is 19.2 Å². The van der Waals surface area contributed by atoms with Gasteiger partial charge in [0.15, 0.2) is 0 Å². The molecule has 0 atom stereocenters. The second-order valence-corrected chi connectivity index (χ2v) is 1.01. The molecule has 0 spiro atoms. The molecule has 3 nitrogen and oxygen atoms in total. The lowest BCUT2D eigenvalue weighted by Crippen LogP contribution is -1.96. The van der Waals surface area contributed by atoms with E-state index in [1.807, 2.05) is 6.21 Å². The zero-order chi connectivity index (χ0) is 3.54. The van der Waals surface area contributed by atoms with Gasteiger partial charge in [-0.25, -0.2) is 0 Å². The molecule has 0 aromatic rings. The summed E-state index contributed by atoms with van der Waals surface area (Å²) in [6.45, 7) is 1.03. The smallest absolute Gasteiger partial charge is 0.0379 e. The third-order valence-electron chi connectivity index (χ3n) is 0.568. The molecule has 1 heterocycles. The third-order valence-corrected chi connectivity index (χ3v) is 0.568. The van der Waals surface area contributed by atoms with E-state index in [0.717, 1.165) is 13.0 Å². The number of rotatable bonds is 0. The molecule has 3 N–H and O–H groups in total. The lowest BCUT2D eigenvalue weighted by Gasteiger charge is -1.76. The fourth-order valence-corrected chi connectivity index (χ4v) is 0.323. The minimum Gasteiger partial charge on any atom is -0.412 e. The second kappa shape index (κ2) is 2.66. The van der Waals surface area contributed by atoms with Crippen molar-refractivity contribution in [3.63, 3.8) is 0 Å². The summed E-state index contributed by atoms with van der Waals surface area (Å²) in [4.78, 5) is 0. The van der Waals surface area contributed by atoms with Crippen molar-refractivity contribution in [2.45, 2.75) is 6.42 Å². The molecule has 0 saturated carbocycles. The van der Waals surface area contributed by atoms with Gasteiger partial charge >= 0.3 is 0 Å². The molecule has 0 fully saturated rings. The summed E-state index contributed by atoms with van der Waals surface area (Å²) in [7, 11) is 0. The molecule has 1 aliphatic rings. The number of hydrogen-bond donors (Lipinski definition) is 1. The maximum atomic E-state index is 3.71. The Hall–Kier alpha value is -0.570. The Morgan fingerprint density at radius 2 is 2.50 bits per heavy atom. The van der Waals surface area contributed by atoms with E-state index in [1.165, 1.54) is 0 Å². The molecule has 1 aliphatic heterocycles. The van der Waals surface area contributed by atoms with Crippen molar-refractivity contribution in [1.29, 1.82) is 0 Å². The van der Waals surface area contributed by atoms with Crippen LogP contribution in [0.3, 0.4) is 0 Å². The standard InChI is InChI=1S/C3H6N2.H2O/c1-2-4-5-3-1;/h2,5H,1,3H2;1H2. The van der Waals surface area contributed by atoms with Crippen LogP contribution in [-0.2, 0) is 0 Å². The van der Waals surface area contributed by atoms with E-state index in [0.29, 0.717) is 0 Å². The average molecular weight is 88.1 g/mol. The summed E-state index contributed by atoms with van der Waals surface area (Å²) in [5, 5.41) is 3.71. The van der Waals surface area contributed by atoms with E-state index in [1.54, 1.807) is 0 Å². The topological polar surface area (TPSA) is 55.9 Å². The summed E-state index contributed by atoms with van der Waals surface area (Å²) in [5.74, 6) is 0. The summed E-state index contributed by atoms with van der Waals surface area (Å²) in [5.41, 5.74) is 2.79. The number of hydrogen-bond acceptors (Lipinski definition) is 2. The minimum atomic E-state index is 0. The first-order chi connectivity index (χ1) is 2.50. The number of nitrogens with one attached hydrogen (secondary N) is 1. The second-order valence-electron chi connectivity index (χ2n) is 1.01. The molecule has 0 aromatic heterocycles. The summed E-state index contributed by atoms with van der Waals surface area (Å²) in [6.07, 6.45) is 2.97. The van der Waals surface area contributed by atoms with E-state index < -0.39 is 0 Å². The Morgan fingerprint density at radius 1 is 1.67 bits per heavy atom. The highest BCUT2D eigenvalue weighted by Crippen LogP contribution is 1.75. The van der Waals surface area contributed by atoms with Crippen LogP contribution in [0.4, 0.5) is 0 Å². The van der Waals surface area contributed by atoms with Crippen molar-refractivity contribution in [3.05, 3.63) is 0 Å². The van der Waals surface area contributed by atoms with Crippen molar-refractivity contribution >= 4 is 6.21 Å². The number of nitrogens with zero attached hydrogens (tertiary/aromatic N) is 1. The van der Waals surface area contributed by atoms with Gasteiger partial charge in [-0.3, -0.25) is 0 Å². The minimum absolute atomic E-state index is 0. The van der Waals surface area contributed by atoms with Gasteiger partial charge in [-0.15, -0.1) is 0 Å². The highest BCUT2D eigenvalue weighted by molar-refractivity contribution is 5.58. The van der Waals surface area contributed by atoms with Gasteiger partial charge in [-0.1, -0.05) is 0 Å². The van der Waals surface area contributed by atoms with Gasteiger partial charge in [-0.2, -0.15) is 5.10 Å². The van der Waals surface area contributed by atoms with Crippen LogP contribution >= 0.6 is 0 Å². The van der Waals surface area contributed by atoms with Crippen LogP contribution in [0.5, 0.6) is 0 Å². The van der Waals surface area contributed by atoms with Crippen LogP contribution in [-0.4, -0.2) is 18.2 Å². The first-order valence-corrected chi connectivity index (χ1v) is 1.74. The van der Waals surface area contributed by atoms with Gasteiger partial charge in [0.2, 0.25) is 0 Å². The maximum absolute atomic E-state index is 3.71. The van der Waals surface area contributed by atoms with Crippen LogP contribution in [0.15, 0.2) is 5.10 Å². The SMILES string of the molecule is C1=NNCC1.O. The molecule has 36 valence electrons. The largest absolute Gasteiger partial charge is 0.412 e. The molecule has 0 saturated heterocycles. The molecule has 0 bridgehead atoms. The summed E-state index contributed by atoms with van der Waals surface area (Å²) < 4.78 is 0. The highest BCUT2D eigenvalue weighted by Gasteiger charge is 1.83. The molecule has 1 rings (SSSR count). The van der Waals surface area contributed by atoms with E-state index in [2.05, 4.69) is 10.5 Å². The van der Waals surface area contributed by atoms with Crippen molar-refractivity contribution in [2.24, 2.45) is 5.10 Å². The normalized spacial score (nSPS) is 16.0. The Bertz CT molecular complexity index is 46.8. The van der Waals surface area contributed by atoms with Crippen LogP contribution in [0, 0.1) is 0 Å². The summed E-state index contributed by atoms with van der Waals surface area (Å²) in [6, 6.07) is 0. The Balaban J connectivity index is 0.000000250. The van der Waals surface area contributed by atoms with Gasteiger partial charge in [0.05, 0.1) is 0 Å². The third kappa shape index (κ3) is 1.03. The quantitative estimate of drug-likeness (QED) is 0.411. The average Bonchev–Trinajstić information content (AvgIpc) is 1.76. The Kier molecular flexibility index (Phi) is 2.40. The fourth-order valence-electron chi connectivity index (χ4n) is 0.323. The lowest BCUT2D eigenvalue weighted by atomic mass is 10.5. The summed E-state index contributed by atoms with van der Waals surface area (Å²) >= 11 is 0. The molecular formula is C3H8N2O. The highest BCUT2D eigenvalue weighted by atomic mass is 16.0. The molecule has 0 unspecified atom stereocenters. The van der Waals surface area contributed by atoms with Crippen molar-refractivity contribution in [1.82, 2.24) is 5.43 Å². The van der Waals surface area contributed by atoms with Crippen molar-refractivity contribution in [3.8, 4) is 0 Å². The van der Waals surface area contributed by atoms with Crippen LogP contribution < -0.4 is 5.43 Å². The van der Waals surface area contributed by atoms with Crippen LogP contribution in [0.2, 0.25) is 0 Å². The molecule has 0 aliphatic carbocycles. The molecule has 3 heteroatoms. The molecule has 6 heavy (non-hydrogen) atoms. The first-order valence-electron chi connectivity index (χ1n) is 1.74. The van der Waals surface area contributed by atoms with Crippen LogP contribution in [0.1, 0.15) is 6.42 Å². The molecule has 0 aromatic carbocycles. The van der Waals surface area contributed by atoms with E-state index >= 15 is 0 Å². The van der Waals surface area contributed by atoms with Gasteiger partial charge < -0.3 is 10.9 Å². The van der Waals surface area contributed by atoms with Gasteiger partial charge in [0.1, 0.15) is 0 Å². The van der Waals surface area contributed by atoms with E-state index in [-0.39, 0.29) is 5.48 Å². The zero-order valence-corrected chi connectivity index (χ0v) is 3.44. The zero-order valence-electron chi connectivity index (χ0n) is 3.44. The molecule has 0 amide bonds. The first kappa shape index (κ1) is 5.43. The van der Waals surface area contributed by atoms with Crippen molar-refractivity contribution in [2.75, 3.05) is 6.54 Å². The van der Waals surface area contributed by atoms with E-state index in [4.69, 9.17) is 0 Å². The maximum Gasteiger partial charge on any atom is 0.0379 e. The van der Waals surface area contributed by atoms with Gasteiger partial charge in [0.25, 0.3) is 0 Å². The van der Waals surface area contributed by atoms with E-state index in [9.17, 15) is 0 Å². The fraction of sp³-hybridized carbons (Fsp3) is 0.667. The predicted molar refractivity (Wildman–Crippen MR) is 24.7 cm³/mol. The van der Waals surface area contributed by atoms with Gasteiger partial charge in [-0.05, 0) is 0 Å². The van der Waals surface area contributed by atoms with Crippen molar-refractivity contribution < 1.29 is 5.48 Å². The molecule has 0 radical (unpaired) electrons. The lowest BCUT2D eigenvalue weighted by molar-refractivity contribution is 0.813.